The summed E-state index contributed by atoms with van der Waals surface area (Å²) in [5.41, 5.74) is 11.7. The van der Waals surface area contributed by atoms with E-state index in [0.29, 0.717) is 6.42 Å². The van der Waals surface area contributed by atoms with Crippen LogP contribution in [0, 0.1) is 0 Å². The number of ether oxygens (including phenoxy) is 2. The first-order valence-corrected chi connectivity index (χ1v) is 15.7. The van der Waals surface area contributed by atoms with Gasteiger partial charge in [0.05, 0.1) is 19.5 Å². The molecule has 7 nitrogen and oxygen atoms in total. The summed E-state index contributed by atoms with van der Waals surface area (Å²) in [6.45, 7) is 2.26. The van der Waals surface area contributed by atoms with E-state index in [9.17, 15) is 14.4 Å². The Labute approximate surface area is 221 Å². The summed E-state index contributed by atoms with van der Waals surface area (Å²) in [4.78, 5) is 36.1. The van der Waals surface area contributed by atoms with Crippen LogP contribution in [0.5, 0.6) is 0 Å². The van der Waals surface area contributed by atoms with Crippen LogP contribution in [0.15, 0.2) is 0 Å². The van der Waals surface area contributed by atoms with Crippen LogP contribution in [0.2, 0.25) is 0 Å². The van der Waals surface area contributed by atoms with Crippen LogP contribution < -0.4 is 11.5 Å². The Morgan fingerprint density at radius 3 is 1.54 bits per heavy atom. The summed E-state index contributed by atoms with van der Waals surface area (Å²) in [5.74, 6) is -0.948. The molecule has 0 aliphatic rings. The lowest BCUT2D eigenvalue weighted by Gasteiger charge is -2.20. The van der Waals surface area contributed by atoms with Crippen molar-refractivity contribution < 1.29 is 23.9 Å². The Hall–Kier alpha value is -0.770. The number of carbonyl (C=O) groups excluding carboxylic acids is 3. The Morgan fingerprint density at radius 1 is 0.686 bits per heavy atom. The maximum absolute atomic E-state index is 12.8. The van der Waals surface area contributed by atoms with Gasteiger partial charge in [-0.05, 0) is 6.42 Å². The van der Waals surface area contributed by atoms with E-state index in [2.05, 4.69) is 11.7 Å². The van der Waals surface area contributed by atoms with Gasteiger partial charge in [-0.15, -0.1) is 0 Å². The number of methoxy groups -OCH3 is 2. The number of unbranched alkanes of at least 4 members (excludes halogenated alkanes) is 14. The first kappa shape index (κ1) is 34.2. The van der Waals surface area contributed by atoms with E-state index in [1.807, 2.05) is 0 Å². The van der Waals surface area contributed by atoms with E-state index < -0.39 is 29.3 Å². The molecule has 9 heteroatoms. The Kier molecular flexibility index (Phi) is 23.1. The van der Waals surface area contributed by atoms with E-state index in [-0.39, 0.29) is 11.5 Å². The number of hydrogen-bond donors (Lipinski definition) is 2. The lowest BCUT2D eigenvalue weighted by molar-refractivity contribution is -0.143. The summed E-state index contributed by atoms with van der Waals surface area (Å²) in [5, 5.41) is -0.732. The van der Waals surface area contributed by atoms with Crippen LogP contribution in [0.3, 0.4) is 0 Å². The molecule has 0 heterocycles. The Balaban J connectivity index is 4.00. The molecule has 0 aliphatic carbocycles. The fourth-order valence-corrected chi connectivity index (χ4v) is 6.55. The minimum atomic E-state index is -1.05. The zero-order valence-corrected chi connectivity index (χ0v) is 23.9. The van der Waals surface area contributed by atoms with Crippen molar-refractivity contribution in [1.29, 1.82) is 0 Å². The van der Waals surface area contributed by atoms with Crippen molar-refractivity contribution in [1.82, 2.24) is 0 Å². The molecule has 0 rings (SSSR count). The second-order valence-corrected chi connectivity index (χ2v) is 11.7. The molecule has 0 saturated heterocycles. The predicted molar refractivity (Wildman–Crippen MR) is 148 cm³/mol. The van der Waals surface area contributed by atoms with E-state index in [0.717, 1.165) is 19.3 Å². The first-order valence-electron chi connectivity index (χ1n) is 13.4. The van der Waals surface area contributed by atoms with Crippen molar-refractivity contribution in [3.05, 3.63) is 0 Å². The molecule has 0 radical (unpaired) electrons. The number of nitrogens with two attached hydrogens (primary N) is 2. The molecule has 0 spiro atoms. The van der Waals surface area contributed by atoms with Crippen LogP contribution in [-0.2, 0) is 23.9 Å². The zero-order valence-electron chi connectivity index (χ0n) is 22.3. The molecule has 0 fully saturated rings. The third kappa shape index (κ3) is 18.2. The second kappa shape index (κ2) is 23.6. The highest BCUT2D eigenvalue weighted by Gasteiger charge is 2.32. The van der Waals surface area contributed by atoms with E-state index >= 15 is 0 Å². The van der Waals surface area contributed by atoms with Crippen LogP contribution in [-0.4, -0.2) is 55.0 Å². The van der Waals surface area contributed by atoms with Crippen LogP contribution in [0.1, 0.15) is 110 Å². The SMILES string of the molecule is CCCCCCCCCCCCCCCCCC(=O)C(SSCC(N)C(=O)OC)C(N)C(=O)OC. The van der Waals surface area contributed by atoms with Gasteiger partial charge >= 0.3 is 11.9 Å². The molecule has 0 aromatic heterocycles. The number of esters is 2. The summed E-state index contributed by atoms with van der Waals surface area (Å²) in [6.07, 6.45) is 19.3. The van der Waals surface area contributed by atoms with Gasteiger partial charge in [-0.25, -0.2) is 0 Å². The molecule has 0 bridgehead atoms. The summed E-state index contributed by atoms with van der Waals surface area (Å²) >= 11 is 0. The molecule has 35 heavy (non-hydrogen) atoms. The number of carbonyl (C=O) groups is 3. The van der Waals surface area contributed by atoms with Crippen LogP contribution >= 0.6 is 21.6 Å². The first-order chi connectivity index (χ1) is 16.9. The highest BCUT2D eigenvalue weighted by molar-refractivity contribution is 8.77. The number of Topliss-reactive ketones (excluding diaryl/α,β-unsaturated/α-hetero) is 1. The molecule has 3 atom stereocenters. The molecular weight excluding hydrogens is 484 g/mol. The van der Waals surface area contributed by atoms with Crippen molar-refractivity contribution in [3.63, 3.8) is 0 Å². The van der Waals surface area contributed by atoms with Gasteiger partial charge in [-0.1, -0.05) is 118 Å². The van der Waals surface area contributed by atoms with Gasteiger partial charge in [0.25, 0.3) is 0 Å². The van der Waals surface area contributed by atoms with Crippen molar-refractivity contribution in [2.24, 2.45) is 11.5 Å². The summed E-state index contributed by atoms with van der Waals surface area (Å²) in [6, 6.07) is -1.84. The smallest absolute Gasteiger partial charge is 0.324 e. The summed E-state index contributed by atoms with van der Waals surface area (Å²) < 4.78 is 9.32. The van der Waals surface area contributed by atoms with Gasteiger partial charge in [0.15, 0.2) is 0 Å². The van der Waals surface area contributed by atoms with Crippen LogP contribution in [0.25, 0.3) is 0 Å². The van der Waals surface area contributed by atoms with E-state index in [1.165, 1.54) is 113 Å². The van der Waals surface area contributed by atoms with Crippen molar-refractivity contribution in [2.45, 2.75) is 127 Å². The normalized spacial score (nSPS) is 13.7. The van der Waals surface area contributed by atoms with Gasteiger partial charge in [-0.2, -0.15) is 0 Å². The molecule has 4 N–H and O–H groups in total. The van der Waals surface area contributed by atoms with Crippen molar-refractivity contribution >= 4 is 39.3 Å². The predicted octanol–water partition coefficient (Wildman–Crippen LogP) is 5.57. The van der Waals surface area contributed by atoms with E-state index in [4.69, 9.17) is 16.2 Å². The average Bonchev–Trinajstić information content (AvgIpc) is 2.87. The van der Waals surface area contributed by atoms with Gasteiger partial charge in [0.2, 0.25) is 0 Å². The lowest BCUT2D eigenvalue weighted by atomic mass is 10.0. The van der Waals surface area contributed by atoms with Crippen LogP contribution in [0.4, 0.5) is 0 Å². The topological polar surface area (TPSA) is 122 Å². The third-order valence-electron chi connectivity index (χ3n) is 6.07. The Morgan fingerprint density at radius 2 is 1.11 bits per heavy atom. The van der Waals surface area contributed by atoms with Crippen molar-refractivity contribution in [2.75, 3.05) is 20.0 Å². The third-order valence-corrected chi connectivity index (χ3v) is 8.90. The van der Waals surface area contributed by atoms with Gasteiger partial charge in [-0.3, -0.25) is 14.4 Å². The van der Waals surface area contributed by atoms with E-state index in [1.54, 1.807) is 0 Å². The monoisotopic (exact) mass is 534 g/mol. The maximum atomic E-state index is 12.8. The maximum Gasteiger partial charge on any atom is 0.324 e. The highest BCUT2D eigenvalue weighted by Crippen LogP contribution is 2.31. The van der Waals surface area contributed by atoms with Gasteiger partial charge < -0.3 is 20.9 Å². The molecule has 206 valence electrons. The van der Waals surface area contributed by atoms with Crippen molar-refractivity contribution in [3.8, 4) is 0 Å². The number of hydrogen-bond acceptors (Lipinski definition) is 9. The standard InChI is InChI=1S/C26H50N2O5S2/c1-4-5-6-7-8-9-10-11-12-13-14-15-16-17-18-19-22(29)24(23(28)26(31)33-3)35-34-20-21(27)25(30)32-2/h21,23-24H,4-20,27-28H2,1-3H3. The zero-order chi connectivity index (χ0) is 26.3. The average molecular weight is 535 g/mol. The number of rotatable bonds is 24. The van der Waals surface area contributed by atoms with Gasteiger partial charge in [0, 0.05) is 12.2 Å². The molecule has 0 saturated carbocycles. The lowest BCUT2D eigenvalue weighted by Crippen LogP contribution is -2.45. The quantitative estimate of drug-likeness (QED) is 0.0929. The molecule has 3 unspecified atom stereocenters. The molecule has 0 aromatic rings. The molecule has 0 aromatic carbocycles. The molecular formula is C26H50N2O5S2. The molecule has 0 aliphatic heterocycles. The summed E-state index contributed by atoms with van der Waals surface area (Å²) in [7, 11) is 4.95. The largest absolute Gasteiger partial charge is 0.468 e. The highest BCUT2D eigenvalue weighted by atomic mass is 33.1. The fraction of sp³-hybridized carbons (Fsp3) is 0.885. The Bertz CT molecular complexity index is 566. The fourth-order valence-electron chi connectivity index (χ4n) is 3.79. The molecule has 0 amide bonds. The minimum Gasteiger partial charge on any atom is -0.468 e. The number of ketones is 1. The second-order valence-electron chi connectivity index (χ2n) is 9.15. The minimum absolute atomic E-state index is 0.0678. The van der Waals surface area contributed by atoms with Gasteiger partial charge in [0.1, 0.15) is 17.9 Å².